The van der Waals surface area contributed by atoms with Crippen molar-refractivity contribution in [2.75, 3.05) is 25.5 Å². The molecule has 1 heterocycles. The van der Waals surface area contributed by atoms with E-state index >= 15 is 0 Å². The minimum Gasteiger partial charge on any atom is -0.478 e. The van der Waals surface area contributed by atoms with Crippen LogP contribution in [0.2, 0.25) is 0 Å². The van der Waals surface area contributed by atoms with Crippen LogP contribution >= 0.6 is 0 Å². The molecule has 0 saturated heterocycles. The first-order valence-electron chi connectivity index (χ1n) is 7.35. The number of rotatable bonds is 8. The van der Waals surface area contributed by atoms with Gasteiger partial charge >= 0.3 is 5.97 Å². The number of hydrogen-bond acceptors (Lipinski definition) is 5. The zero-order valence-electron chi connectivity index (χ0n) is 13.6. The first-order chi connectivity index (χ1) is 9.84. The summed E-state index contributed by atoms with van der Waals surface area (Å²) in [6, 6.07) is 0.544. The second kappa shape index (κ2) is 7.93. The summed E-state index contributed by atoms with van der Waals surface area (Å²) in [5.41, 5.74) is 1.54. The Morgan fingerprint density at radius 2 is 1.95 bits per heavy atom. The molecule has 6 heteroatoms. The van der Waals surface area contributed by atoms with Crippen molar-refractivity contribution in [1.82, 2.24) is 15.1 Å². The Bertz CT molecular complexity index is 489. The number of nitrogens with one attached hydrogen (secondary N) is 1. The van der Waals surface area contributed by atoms with Crippen LogP contribution in [0.5, 0.6) is 0 Å². The summed E-state index contributed by atoms with van der Waals surface area (Å²) in [5, 5.41) is 20.3. The molecule has 2 N–H and O–H groups in total. The fourth-order valence-electron chi connectivity index (χ4n) is 1.95. The molecule has 1 rings (SSSR count). The number of unbranched alkanes of at least 4 members (excludes halogenated alkanes) is 1. The molecule has 0 bridgehead atoms. The molecule has 0 aliphatic rings. The zero-order chi connectivity index (χ0) is 16.0. The molecule has 21 heavy (non-hydrogen) atoms. The van der Waals surface area contributed by atoms with Crippen molar-refractivity contribution < 1.29 is 9.90 Å². The lowest BCUT2D eigenvalue weighted by molar-refractivity contribution is 0.0696. The van der Waals surface area contributed by atoms with Gasteiger partial charge in [-0.05, 0) is 59.7 Å². The molecule has 118 valence electrons. The van der Waals surface area contributed by atoms with Crippen molar-refractivity contribution in [3.05, 3.63) is 16.8 Å². The van der Waals surface area contributed by atoms with E-state index in [9.17, 15) is 9.90 Å². The number of hydrogen-bond donors (Lipinski definition) is 2. The van der Waals surface area contributed by atoms with E-state index in [1.54, 1.807) is 13.8 Å². The summed E-state index contributed by atoms with van der Waals surface area (Å²) in [4.78, 5) is 13.6. The van der Waals surface area contributed by atoms with Crippen molar-refractivity contribution >= 4 is 11.8 Å². The average Bonchev–Trinajstić information content (AvgIpc) is 2.41. The van der Waals surface area contributed by atoms with Crippen LogP contribution in [-0.4, -0.2) is 52.4 Å². The Morgan fingerprint density at radius 1 is 1.29 bits per heavy atom. The number of aryl methyl sites for hydroxylation is 1. The number of carbonyl (C=O) groups is 1. The van der Waals surface area contributed by atoms with E-state index in [0.717, 1.165) is 19.4 Å². The Morgan fingerprint density at radius 3 is 2.52 bits per heavy atom. The molecule has 0 fully saturated rings. The largest absolute Gasteiger partial charge is 0.478 e. The summed E-state index contributed by atoms with van der Waals surface area (Å²) in [6.07, 6.45) is 2.02. The van der Waals surface area contributed by atoms with Gasteiger partial charge in [0.15, 0.2) is 5.82 Å². The van der Waals surface area contributed by atoms with Crippen LogP contribution in [0.3, 0.4) is 0 Å². The highest BCUT2D eigenvalue weighted by molar-refractivity contribution is 5.94. The molecule has 0 unspecified atom stereocenters. The maximum atomic E-state index is 11.3. The summed E-state index contributed by atoms with van der Waals surface area (Å²) in [7, 11) is 2.11. The van der Waals surface area contributed by atoms with Gasteiger partial charge in [0.1, 0.15) is 5.56 Å². The Labute approximate surface area is 126 Å². The highest BCUT2D eigenvalue weighted by Gasteiger charge is 2.17. The molecule has 1 aromatic heterocycles. The van der Waals surface area contributed by atoms with Crippen LogP contribution < -0.4 is 5.32 Å². The van der Waals surface area contributed by atoms with Gasteiger partial charge in [-0.1, -0.05) is 0 Å². The lowest BCUT2D eigenvalue weighted by atomic mass is 10.1. The molecule has 0 aromatic carbocycles. The molecule has 1 aromatic rings. The van der Waals surface area contributed by atoms with Crippen LogP contribution in [0.4, 0.5) is 5.82 Å². The van der Waals surface area contributed by atoms with Crippen LogP contribution in [0, 0.1) is 13.8 Å². The van der Waals surface area contributed by atoms with Crippen LogP contribution in [0.15, 0.2) is 0 Å². The summed E-state index contributed by atoms with van der Waals surface area (Å²) in [5.74, 6) is -0.602. The van der Waals surface area contributed by atoms with Gasteiger partial charge in [-0.25, -0.2) is 4.79 Å². The normalized spacial score (nSPS) is 11.2. The maximum Gasteiger partial charge on any atom is 0.339 e. The summed E-state index contributed by atoms with van der Waals surface area (Å²) >= 11 is 0. The highest BCUT2D eigenvalue weighted by Crippen LogP contribution is 2.18. The van der Waals surface area contributed by atoms with Crippen LogP contribution in [0.25, 0.3) is 0 Å². The second-order valence-electron chi connectivity index (χ2n) is 5.65. The van der Waals surface area contributed by atoms with Crippen LogP contribution in [-0.2, 0) is 0 Å². The molecule has 0 atom stereocenters. The van der Waals surface area contributed by atoms with Gasteiger partial charge in [0, 0.05) is 12.6 Å². The molecule has 0 aliphatic heterocycles. The highest BCUT2D eigenvalue weighted by atomic mass is 16.4. The Balaban J connectivity index is 2.53. The first kappa shape index (κ1) is 17.4. The lowest BCUT2D eigenvalue weighted by Gasteiger charge is -2.20. The quantitative estimate of drug-likeness (QED) is 0.716. The number of carboxylic acid groups (broad SMARTS) is 1. The minimum atomic E-state index is -0.965. The Kier molecular flexibility index (Phi) is 6.55. The van der Waals surface area contributed by atoms with E-state index in [-0.39, 0.29) is 5.56 Å². The van der Waals surface area contributed by atoms with Gasteiger partial charge in [0.2, 0.25) is 0 Å². The molecule has 6 nitrogen and oxygen atoms in total. The van der Waals surface area contributed by atoms with Crippen molar-refractivity contribution in [1.29, 1.82) is 0 Å². The lowest BCUT2D eigenvalue weighted by Crippen LogP contribution is -2.27. The SMILES string of the molecule is Cc1nnc(NCCCCN(C)C(C)C)c(C(=O)O)c1C. The van der Waals surface area contributed by atoms with Gasteiger partial charge in [-0.2, -0.15) is 5.10 Å². The monoisotopic (exact) mass is 294 g/mol. The first-order valence-corrected chi connectivity index (χ1v) is 7.35. The number of carboxylic acids is 1. The third-order valence-electron chi connectivity index (χ3n) is 3.78. The molecule has 0 radical (unpaired) electrons. The molecular formula is C15H26N4O2. The van der Waals surface area contributed by atoms with Gasteiger partial charge < -0.3 is 15.3 Å². The zero-order valence-corrected chi connectivity index (χ0v) is 13.6. The van der Waals surface area contributed by atoms with E-state index in [1.807, 2.05) is 0 Å². The van der Waals surface area contributed by atoms with Gasteiger partial charge in [-0.3, -0.25) is 0 Å². The third-order valence-corrected chi connectivity index (χ3v) is 3.78. The summed E-state index contributed by atoms with van der Waals surface area (Å²) in [6.45, 7) is 9.59. The fourth-order valence-corrected chi connectivity index (χ4v) is 1.95. The predicted octanol–water partition coefficient (Wildman–Crippen LogP) is 2.32. The van der Waals surface area contributed by atoms with E-state index in [2.05, 4.69) is 41.3 Å². The fraction of sp³-hybridized carbons (Fsp3) is 0.667. The standard InChI is InChI=1S/C15H26N4O2/c1-10(2)19(5)9-7-6-8-16-14-13(15(20)21)11(3)12(4)17-18-14/h10H,6-9H2,1-5H3,(H,16,18)(H,20,21). The van der Waals surface area contributed by atoms with Crippen LogP contribution in [0.1, 0.15) is 48.3 Å². The van der Waals surface area contributed by atoms with Crippen molar-refractivity contribution in [2.45, 2.75) is 46.6 Å². The maximum absolute atomic E-state index is 11.3. The third kappa shape index (κ3) is 4.97. The number of aromatic carboxylic acids is 1. The molecule has 0 aliphatic carbocycles. The van der Waals surface area contributed by atoms with Crippen molar-refractivity contribution in [3.63, 3.8) is 0 Å². The second-order valence-corrected chi connectivity index (χ2v) is 5.65. The number of anilines is 1. The molecule has 0 spiro atoms. The van der Waals surface area contributed by atoms with E-state index in [1.165, 1.54) is 0 Å². The average molecular weight is 294 g/mol. The van der Waals surface area contributed by atoms with Gasteiger partial charge in [-0.15, -0.1) is 5.10 Å². The summed E-state index contributed by atoms with van der Waals surface area (Å²) < 4.78 is 0. The Hall–Kier alpha value is -1.69. The molecule has 0 amide bonds. The number of nitrogens with zero attached hydrogens (tertiary/aromatic N) is 3. The van der Waals surface area contributed by atoms with Gasteiger partial charge in [0.25, 0.3) is 0 Å². The topological polar surface area (TPSA) is 78.4 Å². The van der Waals surface area contributed by atoms with Gasteiger partial charge in [0.05, 0.1) is 5.69 Å². The predicted molar refractivity (Wildman–Crippen MR) is 84.0 cm³/mol. The molecular weight excluding hydrogens is 268 g/mol. The van der Waals surface area contributed by atoms with E-state index in [0.29, 0.717) is 29.7 Å². The minimum absolute atomic E-state index is 0.224. The van der Waals surface area contributed by atoms with E-state index in [4.69, 9.17) is 0 Å². The van der Waals surface area contributed by atoms with E-state index < -0.39 is 5.97 Å². The molecule has 0 saturated carbocycles. The van der Waals surface area contributed by atoms with Crippen molar-refractivity contribution in [2.24, 2.45) is 0 Å². The smallest absolute Gasteiger partial charge is 0.339 e. The van der Waals surface area contributed by atoms with Crippen molar-refractivity contribution in [3.8, 4) is 0 Å². The number of aromatic nitrogens is 2.